The van der Waals surface area contributed by atoms with Crippen LogP contribution in [0.1, 0.15) is 5.56 Å². The molecule has 76 valence electrons. The van der Waals surface area contributed by atoms with Gasteiger partial charge in [0.05, 0.1) is 18.1 Å². The molecule has 0 unspecified atom stereocenters. The summed E-state index contributed by atoms with van der Waals surface area (Å²) in [5.74, 6) is 0. The van der Waals surface area contributed by atoms with Crippen LogP contribution in [0.15, 0.2) is 30.6 Å². The minimum atomic E-state index is 0.615. The van der Waals surface area contributed by atoms with Gasteiger partial charge in [0.25, 0.3) is 0 Å². The van der Waals surface area contributed by atoms with Crippen LogP contribution in [0.4, 0.5) is 0 Å². The number of H-pyrrole nitrogens is 1. The monoisotopic (exact) mass is 236 g/mol. The smallest absolute Gasteiger partial charge is 0.122 e. The van der Waals surface area contributed by atoms with E-state index in [9.17, 15) is 0 Å². The Balaban J connectivity index is 2.55. The molecule has 0 aliphatic carbocycles. The van der Waals surface area contributed by atoms with Crippen molar-refractivity contribution in [3.63, 3.8) is 0 Å². The first-order chi connectivity index (χ1) is 7.16. The molecule has 0 saturated heterocycles. The van der Waals surface area contributed by atoms with Gasteiger partial charge in [-0.15, -0.1) is 0 Å². The molecule has 1 aromatic carbocycles. The van der Waals surface area contributed by atoms with Crippen LogP contribution in [0.3, 0.4) is 0 Å². The summed E-state index contributed by atoms with van der Waals surface area (Å²) < 4.78 is 0.615. The second-order valence-electron chi connectivity index (χ2n) is 3.27. The third-order valence-electron chi connectivity index (χ3n) is 2.14. The Morgan fingerprint density at radius 2 is 2.13 bits per heavy atom. The molecule has 0 saturated carbocycles. The highest BCUT2D eigenvalue weighted by Gasteiger charge is 2.00. The number of halogens is 1. The molecule has 2 nitrogen and oxygen atoms in total. The number of hydrogen-bond acceptors (Lipinski definition) is 2. The van der Waals surface area contributed by atoms with Gasteiger partial charge in [-0.2, -0.15) is 0 Å². The molecule has 1 aromatic heterocycles. The van der Waals surface area contributed by atoms with Crippen molar-refractivity contribution in [2.75, 3.05) is 0 Å². The molecule has 2 aromatic rings. The van der Waals surface area contributed by atoms with E-state index in [1.807, 2.05) is 25.1 Å². The van der Waals surface area contributed by atoms with Gasteiger partial charge in [0, 0.05) is 10.6 Å². The Bertz CT molecular complexity index is 548. The number of aryl methyl sites for hydroxylation is 1. The van der Waals surface area contributed by atoms with E-state index in [1.54, 1.807) is 12.4 Å². The van der Waals surface area contributed by atoms with Crippen LogP contribution in [0.2, 0.25) is 5.02 Å². The third kappa shape index (κ3) is 2.25. The van der Waals surface area contributed by atoms with Crippen molar-refractivity contribution in [2.45, 2.75) is 6.92 Å². The summed E-state index contributed by atoms with van der Waals surface area (Å²) in [6.07, 6.45) is 3.34. The zero-order chi connectivity index (χ0) is 10.8. The van der Waals surface area contributed by atoms with Crippen molar-refractivity contribution in [3.8, 4) is 11.3 Å². The number of nitrogens with zero attached hydrogens (tertiary/aromatic N) is 1. The van der Waals surface area contributed by atoms with Crippen LogP contribution >= 0.6 is 23.8 Å². The van der Waals surface area contributed by atoms with Crippen molar-refractivity contribution in [2.24, 2.45) is 0 Å². The Morgan fingerprint density at radius 3 is 2.80 bits per heavy atom. The first kappa shape index (κ1) is 10.3. The maximum absolute atomic E-state index is 6.04. The van der Waals surface area contributed by atoms with E-state index in [0.29, 0.717) is 4.64 Å². The summed E-state index contributed by atoms with van der Waals surface area (Å²) in [6, 6.07) is 5.87. The Labute approximate surface area is 98.0 Å². The van der Waals surface area contributed by atoms with Crippen LogP contribution < -0.4 is 0 Å². The molecule has 0 amide bonds. The third-order valence-corrected chi connectivity index (χ3v) is 2.75. The molecule has 0 fully saturated rings. The molecule has 0 aliphatic rings. The van der Waals surface area contributed by atoms with Crippen molar-refractivity contribution in [3.05, 3.63) is 45.8 Å². The van der Waals surface area contributed by atoms with Crippen molar-refractivity contribution in [1.82, 2.24) is 9.97 Å². The molecular weight excluding hydrogens is 228 g/mol. The van der Waals surface area contributed by atoms with Crippen molar-refractivity contribution in [1.29, 1.82) is 0 Å². The van der Waals surface area contributed by atoms with Crippen molar-refractivity contribution >= 4 is 23.8 Å². The number of hydrogen-bond donors (Lipinski definition) is 1. The zero-order valence-corrected chi connectivity index (χ0v) is 9.69. The molecule has 0 aliphatic heterocycles. The highest BCUT2D eigenvalue weighted by Crippen LogP contribution is 2.23. The van der Waals surface area contributed by atoms with Crippen molar-refractivity contribution < 1.29 is 0 Å². The van der Waals surface area contributed by atoms with Gasteiger partial charge in [-0.3, -0.25) is 4.98 Å². The van der Waals surface area contributed by atoms with Crippen LogP contribution in [-0.2, 0) is 0 Å². The minimum Gasteiger partial charge on any atom is -0.344 e. The lowest BCUT2D eigenvalue weighted by Gasteiger charge is -2.03. The van der Waals surface area contributed by atoms with E-state index >= 15 is 0 Å². The summed E-state index contributed by atoms with van der Waals surface area (Å²) in [5.41, 5.74) is 2.93. The maximum Gasteiger partial charge on any atom is 0.122 e. The van der Waals surface area contributed by atoms with Crippen LogP contribution in [0.5, 0.6) is 0 Å². The van der Waals surface area contributed by atoms with Crippen LogP contribution in [0, 0.1) is 11.6 Å². The van der Waals surface area contributed by atoms with E-state index in [0.717, 1.165) is 21.8 Å². The average Bonchev–Trinajstić information content (AvgIpc) is 2.22. The average molecular weight is 237 g/mol. The van der Waals surface area contributed by atoms with E-state index in [-0.39, 0.29) is 0 Å². The number of aromatic amines is 1. The molecule has 2 rings (SSSR count). The Kier molecular flexibility index (Phi) is 2.84. The van der Waals surface area contributed by atoms with Gasteiger partial charge in [-0.1, -0.05) is 36.0 Å². The molecule has 15 heavy (non-hydrogen) atoms. The highest BCUT2D eigenvalue weighted by molar-refractivity contribution is 7.71. The fourth-order valence-corrected chi connectivity index (χ4v) is 1.64. The minimum absolute atomic E-state index is 0.615. The van der Waals surface area contributed by atoms with Gasteiger partial charge in [0.2, 0.25) is 0 Å². The lowest BCUT2D eigenvalue weighted by Crippen LogP contribution is -1.86. The second-order valence-corrected chi connectivity index (χ2v) is 4.12. The molecule has 1 heterocycles. The van der Waals surface area contributed by atoms with Gasteiger partial charge in [0.1, 0.15) is 4.64 Å². The fourth-order valence-electron chi connectivity index (χ4n) is 1.28. The van der Waals surface area contributed by atoms with E-state index in [1.165, 1.54) is 0 Å². The second kappa shape index (κ2) is 4.13. The van der Waals surface area contributed by atoms with Gasteiger partial charge in [-0.05, 0) is 18.6 Å². The first-order valence-electron chi connectivity index (χ1n) is 4.47. The molecular formula is C11H9ClN2S. The highest BCUT2D eigenvalue weighted by atomic mass is 35.5. The largest absolute Gasteiger partial charge is 0.344 e. The summed E-state index contributed by atoms with van der Waals surface area (Å²) in [6.45, 7) is 1.97. The fraction of sp³-hybridized carbons (Fsp3) is 0.0909. The number of benzene rings is 1. The lowest BCUT2D eigenvalue weighted by atomic mass is 10.1. The quantitative estimate of drug-likeness (QED) is 0.764. The van der Waals surface area contributed by atoms with Gasteiger partial charge >= 0.3 is 0 Å². The molecule has 0 radical (unpaired) electrons. The predicted molar refractivity (Wildman–Crippen MR) is 64.6 cm³/mol. The van der Waals surface area contributed by atoms with E-state index in [2.05, 4.69) is 9.97 Å². The first-order valence-corrected chi connectivity index (χ1v) is 5.26. The predicted octanol–water partition coefficient (Wildman–Crippen LogP) is 3.77. The topological polar surface area (TPSA) is 28.7 Å². The van der Waals surface area contributed by atoms with Gasteiger partial charge < -0.3 is 4.98 Å². The summed E-state index contributed by atoms with van der Waals surface area (Å²) in [4.78, 5) is 7.10. The Hall–Kier alpha value is -1.19. The SMILES string of the molecule is Cc1ccc(-c2cncc(=S)[nH]2)cc1Cl. The number of aromatic nitrogens is 2. The van der Waals surface area contributed by atoms with Crippen LogP contribution in [-0.4, -0.2) is 9.97 Å². The standard InChI is InChI=1S/C11H9ClN2S/c1-7-2-3-8(4-9(7)12)10-5-13-6-11(15)14-10/h2-6H,1H3,(H,14,15). The molecule has 1 N–H and O–H groups in total. The van der Waals surface area contributed by atoms with E-state index in [4.69, 9.17) is 23.8 Å². The molecule has 0 spiro atoms. The summed E-state index contributed by atoms with van der Waals surface area (Å²) >= 11 is 11.1. The van der Waals surface area contributed by atoms with Crippen LogP contribution in [0.25, 0.3) is 11.3 Å². The van der Waals surface area contributed by atoms with Gasteiger partial charge in [0.15, 0.2) is 0 Å². The van der Waals surface area contributed by atoms with E-state index < -0.39 is 0 Å². The number of rotatable bonds is 1. The summed E-state index contributed by atoms with van der Waals surface area (Å²) in [7, 11) is 0. The molecule has 0 atom stereocenters. The maximum atomic E-state index is 6.04. The number of nitrogens with one attached hydrogen (secondary N) is 1. The molecule has 0 bridgehead atoms. The lowest BCUT2D eigenvalue weighted by molar-refractivity contribution is 1.18. The summed E-state index contributed by atoms with van der Waals surface area (Å²) in [5, 5.41) is 0.746. The zero-order valence-electron chi connectivity index (χ0n) is 8.12. The molecule has 4 heteroatoms. The van der Waals surface area contributed by atoms with Gasteiger partial charge in [-0.25, -0.2) is 0 Å². The Morgan fingerprint density at radius 1 is 1.33 bits per heavy atom. The normalized spacial score (nSPS) is 10.3.